The van der Waals surface area contributed by atoms with E-state index in [1.807, 2.05) is 60.7 Å². The van der Waals surface area contributed by atoms with Crippen LogP contribution in [0.25, 0.3) is 27.8 Å². The number of nitrogens with zero attached hydrogens (tertiary/aromatic N) is 3. The van der Waals surface area contributed by atoms with Crippen molar-refractivity contribution >= 4 is 34.5 Å². The van der Waals surface area contributed by atoms with Crippen LogP contribution in [0.5, 0.6) is 0 Å². The lowest BCUT2D eigenvalue weighted by Crippen LogP contribution is -2.42. The molecule has 0 bridgehead atoms. The second kappa shape index (κ2) is 11.8. The Hall–Kier alpha value is -4.36. The van der Waals surface area contributed by atoms with Gasteiger partial charge in [-0.05, 0) is 49.4 Å². The molecule has 1 aliphatic rings. The Morgan fingerprint density at radius 1 is 0.950 bits per heavy atom. The first-order valence-corrected chi connectivity index (χ1v) is 13.9. The molecule has 40 heavy (non-hydrogen) atoms. The van der Waals surface area contributed by atoms with Crippen molar-refractivity contribution in [2.75, 3.05) is 5.32 Å². The molecule has 1 saturated carbocycles. The molecule has 2 aromatic heterocycles. The predicted octanol–water partition coefficient (Wildman–Crippen LogP) is 7.39. The van der Waals surface area contributed by atoms with Crippen molar-refractivity contribution in [2.24, 2.45) is 0 Å². The lowest BCUT2D eigenvalue weighted by Gasteiger charge is -2.30. The van der Waals surface area contributed by atoms with Gasteiger partial charge in [-0.15, -0.1) is 0 Å². The van der Waals surface area contributed by atoms with Gasteiger partial charge in [-0.25, -0.2) is 14.8 Å². The zero-order valence-corrected chi connectivity index (χ0v) is 22.7. The first-order chi connectivity index (χ1) is 19.6. The fourth-order valence-corrected chi connectivity index (χ4v) is 5.55. The number of alkyl carbamates (subject to hydrolysis) is 1. The van der Waals surface area contributed by atoms with Gasteiger partial charge in [0.15, 0.2) is 0 Å². The van der Waals surface area contributed by atoms with Crippen molar-refractivity contribution in [1.82, 2.24) is 19.9 Å². The molecule has 0 unspecified atom stereocenters. The van der Waals surface area contributed by atoms with E-state index in [2.05, 4.69) is 50.6 Å². The van der Waals surface area contributed by atoms with Crippen LogP contribution in [0.4, 0.5) is 10.7 Å². The lowest BCUT2D eigenvalue weighted by molar-refractivity contribution is 0.132. The molecule has 3 aromatic carbocycles. The quantitative estimate of drug-likeness (QED) is 0.220. The van der Waals surface area contributed by atoms with Gasteiger partial charge in [0.1, 0.15) is 6.61 Å². The molecule has 0 saturated heterocycles. The number of aromatic nitrogens is 3. The number of carbonyl (C=O) groups excluding carboxylic acids is 1. The monoisotopic (exact) mass is 551 g/mol. The molecular formula is C32H30ClN5O2. The number of carbonyl (C=O) groups is 1. The van der Waals surface area contributed by atoms with E-state index in [0.29, 0.717) is 16.7 Å². The zero-order valence-electron chi connectivity index (χ0n) is 22.0. The third-order valence-corrected chi connectivity index (χ3v) is 7.56. The maximum atomic E-state index is 12.4. The van der Waals surface area contributed by atoms with Gasteiger partial charge >= 0.3 is 6.09 Å². The predicted molar refractivity (Wildman–Crippen MR) is 159 cm³/mol. The molecule has 1 fully saturated rings. The van der Waals surface area contributed by atoms with E-state index >= 15 is 0 Å². The minimum Gasteiger partial charge on any atom is -0.445 e. The molecule has 0 spiro atoms. The summed E-state index contributed by atoms with van der Waals surface area (Å²) < 4.78 is 7.58. The molecule has 6 rings (SSSR count). The SMILES string of the molecule is O=C(N[C@H]1CCC[C@@H](Nc2ncc(Cl)c(-c3cn(-c4ccccc4)c4ccccc34)n2)C1)OCc1ccccc1. The maximum absolute atomic E-state index is 12.4. The van der Waals surface area contributed by atoms with Crippen LogP contribution in [-0.4, -0.2) is 32.7 Å². The minimum atomic E-state index is -0.394. The van der Waals surface area contributed by atoms with Crippen LogP contribution in [0.3, 0.4) is 0 Å². The molecule has 2 N–H and O–H groups in total. The summed E-state index contributed by atoms with van der Waals surface area (Å²) in [5.74, 6) is 0.522. The highest BCUT2D eigenvalue weighted by atomic mass is 35.5. The molecule has 2 atom stereocenters. The van der Waals surface area contributed by atoms with Crippen LogP contribution < -0.4 is 10.6 Å². The van der Waals surface area contributed by atoms with Crippen LogP contribution in [0.2, 0.25) is 5.02 Å². The fourth-order valence-electron chi connectivity index (χ4n) is 5.36. The Labute approximate surface area is 238 Å². The average molecular weight is 552 g/mol. The molecule has 202 valence electrons. The molecule has 1 aliphatic carbocycles. The van der Waals surface area contributed by atoms with Crippen LogP contribution in [0.15, 0.2) is 97.3 Å². The number of fused-ring (bicyclic) bond motifs is 1. The van der Waals surface area contributed by atoms with E-state index in [9.17, 15) is 4.79 Å². The van der Waals surface area contributed by atoms with Gasteiger partial charge in [0.25, 0.3) is 0 Å². The van der Waals surface area contributed by atoms with Crippen molar-refractivity contribution < 1.29 is 9.53 Å². The number of para-hydroxylation sites is 2. The normalized spacial score (nSPS) is 16.9. The van der Waals surface area contributed by atoms with E-state index in [-0.39, 0.29) is 18.7 Å². The minimum absolute atomic E-state index is 0.0186. The molecule has 0 radical (unpaired) electrons. The standard InChI is InChI=1S/C32H30ClN5O2/c33-28-19-34-31(35-23-12-9-13-24(18-23)36-32(39)40-21-22-10-3-1-4-11-22)37-30(28)27-20-38(25-14-5-2-6-15-25)29-17-8-7-16-26(27)29/h1-8,10-11,14-17,19-20,23-24H,9,12-13,18,21H2,(H,36,39)(H,34,35,37)/t23-,24+/m1/s1. The second-order valence-corrected chi connectivity index (χ2v) is 10.5. The smallest absolute Gasteiger partial charge is 0.407 e. The summed E-state index contributed by atoms with van der Waals surface area (Å²) in [5.41, 5.74) is 4.73. The van der Waals surface area contributed by atoms with Crippen LogP contribution in [0.1, 0.15) is 31.2 Å². The molecule has 5 aromatic rings. The number of halogens is 1. The van der Waals surface area contributed by atoms with E-state index in [4.69, 9.17) is 21.3 Å². The van der Waals surface area contributed by atoms with Gasteiger partial charge in [-0.1, -0.05) is 78.3 Å². The first-order valence-electron chi connectivity index (χ1n) is 13.6. The van der Waals surface area contributed by atoms with Crippen molar-refractivity contribution in [3.63, 3.8) is 0 Å². The van der Waals surface area contributed by atoms with Gasteiger partial charge in [-0.3, -0.25) is 0 Å². The van der Waals surface area contributed by atoms with Crippen LogP contribution >= 0.6 is 11.6 Å². The maximum Gasteiger partial charge on any atom is 0.407 e. The summed E-state index contributed by atoms with van der Waals surface area (Å²) in [4.78, 5) is 21.7. The Kier molecular flexibility index (Phi) is 7.64. The second-order valence-electron chi connectivity index (χ2n) is 10.1. The Bertz CT molecular complexity index is 1610. The number of anilines is 1. The first kappa shape index (κ1) is 25.9. The largest absolute Gasteiger partial charge is 0.445 e. The zero-order chi connectivity index (χ0) is 27.3. The molecule has 7 nitrogen and oxygen atoms in total. The third kappa shape index (κ3) is 5.80. The summed E-state index contributed by atoms with van der Waals surface area (Å²) in [6, 6.07) is 28.3. The number of hydrogen-bond acceptors (Lipinski definition) is 5. The molecule has 1 amide bonds. The highest BCUT2D eigenvalue weighted by Gasteiger charge is 2.25. The summed E-state index contributed by atoms with van der Waals surface area (Å²) in [6.45, 7) is 0.253. The number of amides is 1. The van der Waals surface area contributed by atoms with Gasteiger partial charge in [-0.2, -0.15) is 0 Å². The van der Waals surface area contributed by atoms with E-state index in [1.54, 1.807) is 6.20 Å². The van der Waals surface area contributed by atoms with E-state index < -0.39 is 6.09 Å². The summed E-state index contributed by atoms with van der Waals surface area (Å²) in [6.07, 6.45) is 6.95. The van der Waals surface area contributed by atoms with Gasteiger partial charge in [0.05, 0.1) is 22.4 Å². The van der Waals surface area contributed by atoms with Crippen LogP contribution in [0, 0.1) is 0 Å². The Morgan fingerprint density at radius 2 is 1.68 bits per heavy atom. The van der Waals surface area contributed by atoms with Gasteiger partial charge in [0.2, 0.25) is 5.95 Å². The fraction of sp³-hybridized carbons (Fsp3) is 0.219. The topological polar surface area (TPSA) is 81.1 Å². The molecule has 8 heteroatoms. The van der Waals surface area contributed by atoms with Crippen molar-refractivity contribution in [2.45, 2.75) is 44.4 Å². The summed E-state index contributed by atoms with van der Waals surface area (Å²) in [7, 11) is 0. The Morgan fingerprint density at radius 3 is 2.50 bits per heavy atom. The number of ether oxygens (including phenoxy) is 1. The summed E-state index contributed by atoms with van der Waals surface area (Å²) in [5, 5.41) is 8.07. The molecule has 2 heterocycles. The number of rotatable bonds is 7. The van der Waals surface area contributed by atoms with E-state index in [0.717, 1.165) is 53.4 Å². The summed E-state index contributed by atoms with van der Waals surface area (Å²) >= 11 is 6.66. The lowest BCUT2D eigenvalue weighted by atomic mass is 9.91. The van der Waals surface area contributed by atoms with Gasteiger partial charge in [0, 0.05) is 34.9 Å². The molecule has 0 aliphatic heterocycles. The number of nitrogens with one attached hydrogen (secondary N) is 2. The highest BCUT2D eigenvalue weighted by molar-refractivity contribution is 6.33. The number of hydrogen-bond donors (Lipinski definition) is 2. The highest BCUT2D eigenvalue weighted by Crippen LogP contribution is 2.35. The van der Waals surface area contributed by atoms with Gasteiger partial charge < -0.3 is 19.9 Å². The molecular weight excluding hydrogens is 522 g/mol. The number of benzene rings is 3. The van der Waals surface area contributed by atoms with Crippen molar-refractivity contribution in [3.8, 4) is 16.9 Å². The van der Waals surface area contributed by atoms with Crippen molar-refractivity contribution in [3.05, 3.63) is 108 Å². The Balaban J connectivity index is 1.17. The van der Waals surface area contributed by atoms with Crippen LogP contribution in [-0.2, 0) is 11.3 Å². The van der Waals surface area contributed by atoms with Crippen molar-refractivity contribution in [1.29, 1.82) is 0 Å². The third-order valence-electron chi connectivity index (χ3n) is 7.29. The average Bonchev–Trinajstić information content (AvgIpc) is 3.38. The van der Waals surface area contributed by atoms with E-state index in [1.165, 1.54) is 0 Å².